The van der Waals surface area contributed by atoms with Crippen LogP contribution in [0.25, 0.3) is 21.8 Å². The summed E-state index contributed by atoms with van der Waals surface area (Å²) < 4.78 is 3.73. The summed E-state index contributed by atoms with van der Waals surface area (Å²) in [6.07, 6.45) is 0. The van der Waals surface area contributed by atoms with E-state index in [0.717, 1.165) is 40.6 Å². The lowest BCUT2D eigenvalue weighted by Gasteiger charge is -2.12. The van der Waals surface area contributed by atoms with Crippen LogP contribution >= 0.6 is 0 Å². The van der Waals surface area contributed by atoms with Gasteiger partial charge in [-0.1, -0.05) is 11.6 Å². The van der Waals surface area contributed by atoms with Gasteiger partial charge >= 0.3 is 0 Å². The predicted molar refractivity (Wildman–Crippen MR) is 95.2 cm³/mol. The molecular weight excluding hydrogens is 288 g/mol. The summed E-state index contributed by atoms with van der Waals surface area (Å²) in [5.74, 6) is 0. The van der Waals surface area contributed by atoms with E-state index >= 15 is 0 Å². The van der Waals surface area contributed by atoms with Crippen LogP contribution in [-0.4, -0.2) is 39.9 Å². The van der Waals surface area contributed by atoms with E-state index in [1.807, 2.05) is 21.0 Å². The van der Waals surface area contributed by atoms with Gasteiger partial charge < -0.3 is 9.47 Å². The van der Waals surface area contributed by atoms with Gasteiger partial charge in [-0.25, -0.2) is 4.68 Å². The van der Waals surface area contributed by atoms with Gasteiger partial charge in [0.2, 0.25) is 0 Å². The normalized spacial score (nSPS) is 11.9. The van der Waals surface area contributed by atoms with Gasteiger partial charge in [0, 0.05) is 29.4 Å². The third-order valence-electron chi connectivity index (χ3n) is 4.36. The summed E-state index contributed by atoms with van der Waals surface area (Å²) in [7, 11) is 4.00. The minimum atomic E-state index is 0.00292. The molecule has 0 fully saturated rings. The Labute approximate surface area is 136 Å². The Kier molecular flexibility index (Phi) is 3.98. The molecule has 0 saturated carbocycles. The first-order valence-corrected chi connectivity index (χ1v) is 8.09. The Morgan fingerprint density at radius 2 is 1.96 bits per heavy atom. The zero-order valence-corrected chi connectivity index (χ0v) is 14.6. The molecule has 0 saturated heterocycles. The maximum Gasteiger partial charge on any atom is 0.291 e. The fourth-order valence-electron chi connectivity index (χ4n) is 3.23. The summed E-state index contributed by atoms with van der Waals surface area (Å²) in [5.41, 5.74) is 4.01. The van der Waals surface area contributed by atoms with Crippen LogP contribution in [0.2, 0.25) is 0 Å². The fourth-order valence-corrected chi connectivity index (χ4v) is 3.23. The van der Waals surface area contributed by atoms with Crippen LogP contribution in [0, 0.1) is 13.8 Å². The first-order chi connectivity index (χ1) is 10.9. The minimum absolute atomic E-state index is 0.00292. The second-order valence-electron chi connectivity index (χ2n) is 6.41. The van der Waals surface area contributed by atoms with E-state index < -0.39 is 0 Å². The van der Waals surface area contributed by atoms with Crippen molar-refractivity contribution in [2.45, 2.75) is 33.9 Å². The standard InChI is InChI=1S/C18H24N4O/c1-6-21-15-8-7-12(2)11-14(15)16-13(3)19-22(10-9-20(4)5)18(23)17(16)21/h7-8,11H,6,9-10H2,1-5H3. The van der Waals surface area contributed by atoms with Gasteiger partial charge in [0.25, 0.3) is 5.56 Å². The number of hydrogen-bond acceptors (Lipinski definition) is 3. The number of aromatic nitrogens is 3. The monoisotopic (exact) mass is 312 g/mol. The average Bonchev–Trinajstić information content (AvgIpc) is 2.83. The molecule has 0 N–H and O–H groups in total. The van der Waals surface area contributed by atoms with Gasteiger partial charge in [0.1, 0.15) is 5.52 Å². The number of likely N-dealkylation sites (N-methyl/N-ethyl adjacent to an activating group) is 1. The fraction of sp³-hybridized carbons (Fsp3) is 0.444. The zero-order chi connectivity index (χ0) is 16.7. The molecule has 5 nitrogen and oxygen atoms in total. The van der Waals surface area contributed by atoms with Gasteiger partial charge in [0.15, 0.2) is 0 Å². The van der Waals surface area contributed by atoms with Crippen molar-refractivity contribution in [3.63, 3.8) is 0 Å². The molecule has 2 aromatic heterocycles. The van der Waals surface area contributed by atoms with E-state index in [4.69, 9.17) is 0 Å². The molecule has 1 aromatic carbocycles. The molecule has 23 heavy (non-hydrogen) atoms. The molecular formula is C18H24N4O. The number of rotatable bonds is 4. The van der Waals surface area contributed by atoms with Gasteiger partial charge in [0.05, 0.1) is 12.2 Å². The Hall–Kier alpha value is -2.14. The average molecular weight is 312 g/mol. The second kappa shape index (κ2) is 5.81. The molecule has 5 heteroatoms. The van der Waals surface area contributed by atoms with Crippen molar-refractivity contribution < 1.29 is 0 Å². The van der Waals surface area contributed by atoms with Gasteiger partial charge in [-0.05, 0) is 47.0 Å². The molecule has 0 aliphatic heterocycles. The largest absolute Gasteiger partial charge is 0.336 e. The quantitative estimate of drug-likeness (QED) is 0.743. The lowest BCUT2D eigenvalue weighted by atomic mass is 10.1. The maximum absolute atomic E-state index is 13.0. The molecule has 122 valence electrons. The SMILES string of the molecule is CCn1c2ccc(C)cc2c2c(C)nn(CCN(C)C)c(=O)c21. The van der Waals surface area contributed by atoms with Crippen molar-refractivity contribution in [1.29, 1.82) is 0 Å². The van der Waals surface area contributed by atoms with Crippen molar-refractivity contribution in [2.75, 3.05) is 20.6 Å². The summed E-state index contributed by atoms with van der Waals surface area (Å²) in [6, 6.07) is 6.36. The lowest BCUT2D eigenvalue weighted by molar-refractivity contribution is 0.367. The van der Waals surface area contributed by atoms with Gasteiger partial charge in [-0.3, -0.25) is 4.79 Å². The molecule has 2 heterocycles. The summed E-state index contributed by atoms with van der Waals surface area (Å²) in [6.45, 7) is 8.33. The molecule has 0 aliphatic carbocycles. The molecule has 0 bridgehead atoms. The van der Waals surface area contributed by atoms with Gasteiger partial charge in [-0.2, -0.15) is 5.10 Å². The van der Waals surface area contributed by atoms with Crippen molar-refractivity contribution >= 4 is 21.8 Å². The zero-order valence-electron chi connectivity index (χ0n) is 14.6. The molecule has 0 aliphatic rings. The Morgan fingerprint density at radius 3 is 2.61 bits per heavy atom. The van der Waals surface area contributed by atoms with Crippen LogP contribution in [0.1, 0.15) is 18.2 Å². The predicted octanol–water partition coefficient (Wildman–Crippen LogP) is 2.55. The number of benzene rings is 1. The summed E-state index contributed by atoms with van der Waals surface area (Å²) >= 11 is 0. The van der Waals surface area contributed by atoms with Crippen LogP contribution in [0.15, 0.2) is 23.0 Å². The van der Waals surface area contributed by atoms with E-state index in [-0.39, 0.29) is 5.56 Å². The van der Waals surface area contributed by atoms with E-state index in [1.54, 1.807) is 4.68 Å². The first kappa shape index (κ1) is 15.7. The lowest BCUT2D eigenvalue weighted by Crippen LogP contribution is -2.30. The topological polar surface area (TPSA) is 43.1 Å². The second-order valence-corrected chi connectivity index (χ2v) is 6.41. The molecule has 3 aromatic rings. The molecule has 0 amide bonds. The van der Waals surface area contributed by atoms with Crippen LogP contribution in [0.4, 0.5) is 0 Å². The third-order valence-corrected chi connectivity index (χ3v) is 4.36. The van der Waals surface area contributed by atoms with Crippen molar-refractivity contribution in [2.24, 2.45) is 0 Å². The highest BCUT2D eigenvalue weighted by molar-refractivity contribution is 6.09. The highest BCUT2D eigenvalue weighted by Gasteiger charge is 2.17. The Balaban J connectivity index is 2.37. The Morgan fingerprint density at radius 1 is 1.22 bits per heavy atom. The number of hydrogen-bond donors (Lipinski definition) is 0. The smallest absolute Gasteiger partial charge is 0.291 e. The number of aryl methyl sites for hydroxylation is 3. The van der Waals surface area contributed by atoms with E-state index in [9.17, 15) is 4.79 Å². The summed E-state index contributed by atoms with van der Waals surface area (Å²) in [4.78, 5) is 15.1. The number of fused-ring (bicyclic) bond motifs is 3. The first-order valence-electron chi connectivity index (χ1n) is 8.09. The van der Waals surface area contributed by atoms with Gasteiger partial charge in [-0.15, -0.1) is 0 Å². The molecule has 3 rings (SSSR count). The van der Waals surface area contributed by atoms with Crippen molar-refractivity contribution in [1.82, 2.24) is 19.2 Å². The van der Waals surface area contributed by atoms with E-state index in [2.05, 4.69) is 46.6 Å². The highest BCUT2D eigenvalue weighted by Crippen LogP contribution is 2.29. The van der Waals surface area contributed by atoms with E-state index in [1.165, 1.54) is 5.56 Å². The highest BCUT2D eigenvalue weighted by atomic mass is 16.1. The molecule has 0 radical (unpaired) electrons. The third kappa shape index (κ3) is 2.55. The van der Waals surface area contributed by atoms with Crippen LogP contribution < -0.4 is 5.56 Å². The number of nitrogens with zero attached hydrogens (tertiary/aromatic N) is 4. The molecule has 0 unspecified atom stereocenters. The van der Waals surface area contributed by atoms with Crippen LogP contribution in [0.3, 0.4) is 0 Å². The minimum Gasteiger partial charge on any atom is -0.336 e. The molecule has 0 spiro atoms. The van der Waals surface area contributed by atoms with Crippen molar-refractivity contribution in [3.05, 3.63) is 39.8 Å². The van der Waals surface area contributed by atoms with E-state index in [0.29, 0.717) is 6.54 Å². The molecule has 0 atom stereocenters. The Bertz CT molecular complexity index is 934. The summed E-state index contributed by atoms with van der Waals surface area (Å²) in [5, 5.41) is 6.69. The maximum atomic E-state index is 13.0. The van der Waals surface area contributed by atoms with Crippen molar-refractivity contribution in [3.8, 4) is 0 Å². The van der Waals surface area contributed by atoms with Crippen LogP contribution in [0.5, 0.6) is 0 Å². The van der Waals surface area contributed by atoms with Crippen LogP contribution in [-0.2, 0) is 13.1 Å².